The lowest BCUT2D eigenvalue weighted by molar-refractivity contribution is 0.0161. The van der Waals surface area contributed by atoms with Crippen molar-refractivity contribution >= 4 is 11.3 Å². The van der Waals surface area contributed by atoms with Crippen LogP contribution in [0, 0.1) is 5.41 Å². The number of thiazole rings is 1. The number of morpholine rings is 1. The molecule has 0 aromatic carbocycles. The summed E-state index contributed by atoms with van der Waals surface area (Å²) < 4.78 is 10.6. The molecule has 0 amide bonds. The van der Waals surface area contributed by atoms with Crippen LogP contribution in [0.2, 0.25) is 0 Å². The minimum atomic E-state index is 0.265. The van der Waals surface area contributed by atoms with Gasteiger partial charge in [-0.15, -0.1) is 0 Å². The molecular weight excluding hydrogens is 286 g/mol. The van der Waals surface area contributed by atoms with E-state index in [1.54, 1.807) is 18.4 Å². The quantitative estimate of drug-likeness (QED) is 0.769. The Labute approximate surface area is 131 Å². The Morgan fingerprint density at radius 1 is 1.43 bits per heavy atom. The molecular formula is C15H27N3O2S. The Morgan fingerprint density at radius 2 is 2.14 bits per heavy atom. The van der Waals surface area contributed by atoms with Crippen LogP contribution < -0.4 is 4.74 Å². The molecule has 0 N–H and O–H groups in total. The first-order valence-corrected chi connectivity index (χ1v) is 8.27. The molecule has 21 heavy (non-hydrogen) atoms. The molecule has 1 aromatic heterocycles. The van der Waals surface area contributed by atoms with E-state index in [0.717, 1.165) is 51.1 Å². The van der Waals surface area contributed by atoms with Gasteiger partial charge in [-0.3, -0.25) is 4.90 Å². The normalized spacial score (nSPS) is 17.4. The van der Waals surface area contributed by atoms with E-state index in [0.29, 0.717) is 0 Å². The van der Waals surface area contributed by atoms with E-state index in [-0.39, 0.29) is 5.41 Å². The maximum Gasteiger partial charge on any atom is 0.273 e. The molecule has 5 nitrogen and oxygen atoms in total. The highest BCUT2D eigenvalue weighted by Gasteiger charge is 2.25. The molecule has 1 aliphatic rings. The Hall–Kier alpha value is -0.690. The van der Waals surface area contributed by atoms with E-state index in [1.807, 2.05) is 6.20 Å². The molecule has 1 aromatic rings. The Balaban J connectivity index is 1.80. The SMILES string of the molecule is COc1ncc(CN(C)CC(C)(C)CN2CCOCC2)s1. The van der Waals surface area contributed by atoms with Crippen molar-refractivity contribution in [2.24, 2.45) is 5.41 Å². The van der Waals surface area contributed by atoms with Gasteiger partial charge in [0.1, 0.15) is 0 Å². The summed E-state index contributed by atoms with van der Waals surface area (Å²) in [5.41, 5.74) is 0.265. The maximum atomic E-state index is 5.42. The maximum absolute atomic E-state index is 5.42. The second-order valence-electron chi connectivity index (χ2n) is 6.52. The van der Waals surface area contributed by atoms with Crippen LogP contribution in [0.25, 0.3) is 0 Å². The van der Waals surface area contributed by atoms with E-state index in [9.17, 15) is 0 Å². The molecule has 0 spiro atoms. The van der Waals surface area contributed by atoms with Crippen molar-refractivity contribution in [1.29, 1.82) is 0 Å². The Kier molecular flexibility index (Phi) is 5.98. The van der Waals surface area contributed by atoms with Gasteiger partial charge in [0.2, 0.25) is 0 Å². The molecule has 1 saturated heterocycles. The van der Waals surface area contributed by atoms with Crippen molar-refractivity contribution in [3.8, 4) is 5.19 Å². The molecule has 0 atom stereocenters. The van der Waals surface area contributed by atoms with Gasteiger partial charge in [-0.05, 0) is 12.5 Å². The van der Waals surface area contributed by atoms with Crippen LogP contribution in [0.15, 0.2) is 6.20 Å². The molecule has 2 heterocycles. The summed E-state index contributed by atoms with van der Waals surface area (Å²) in [6.45, 7) is 11.6. The predicted molar refractivity (Wildman–Crippen MR) is 86.0 cm³/mol. The summed E-state index contributed by atoms with van der Waals surface area (Å²) >= 11 is 1.62. The van der Waals surface area contributed by atoms with Gasteiger partial charge in [-0.2, -0.15) is 0 Å². The highest BCUT2D eigenvalue weighted by Crippen LogP contribution is 2.24. The number of rotatable bonds is 7. The van der Waals surface area contributed by atoms with Gasteiger partial charge in [0.05, 0.1) is 20.3 Å². The third-order valence-electron chi connectivity index (χ3n) is 3.59. The van der Waals surface area contributed by atoms with Crippen molar-refractivity contribution in [3.63, 3.8) is 0 Å². The number of hydrogen-bond donors (Lipinski definition) is 0. The highest BCUT2D eigenvalue weighted by molar-refractivity contribution is 7.13. The van der Waals surface area contributed by atoms with E-state index in [4.69, 9.17) is 9.47 Å². The van der Waals surface area contributed by atoms with E-state index >= 15 is 0 Å². The number of hydrogen-bond acceptors (Lipinski definition) is 6. The van der Waals surface area contributed by atoms with E-state index in [2.05, 4.69) is 35.7 Å². The first kappa shape index (κ1) is 16.7. The largest absolute Gasteiger partial charge is 0.473 e. The smallest absolute Gasteiger partial charge is 0.273 e. The summed E-state index contributed by atoms with van der Waals surface area (Å²) in [6.07, 6.45) is 1.91. The summed E-state index contributed by atoms with van der Waals surface area (Å²) in [6, 6.07) is 0. The third-order valence-corrected chi connectivity index (χ3v) is 4.53. The van der Waals surface area contributed by atoms with Gasteiger partial charge >= 0.3 is 0 Å². The zero-order valence-electron chi connectivity index (χ0n) is 13.6. The van der Waals surface area contributed by atoms with Crippen LogP contribution in [-0.4, -0.2) is 68.3 Å². The second-order valence-corrected chi connectivity index (χ2v) is 7.60. The fourth-order valence-corrected chi connectivity index (χ4v) is 3.73. The average molecular weight is 313 g/mol. The first-order valence-electron chi connectivity index (χ1n) is 7.46. The van der Waals surface area contributed by atoms with Crippen molar-refractivity contribution in [3.05, 3.63) is 11.1 Å². The van der Waals surface area contributed by atoms with Crippen molar-refractivity contribution in [2.45, 2.75) is 20.4 Å². The summed E-state index contributed by atoms with van der Waals surface area (Å²) in [5.74, 6) is 0. The topological polar surface area (TPSA) is 37.8 Å². The van der Waals surface area contributed by atoms with Crippen LogP contribution in [0.3, 0.4) is 0 Å². The minimum Gasteiger partial charge on any atom is -0.473 e. The summed E-state index contributed by atoms with van der Waals surface area (Å²) in [7, 11) is 3.84. The average Bonchev–Trinajstić information content (AvgIpc) is 2.86. The molecule has 0 aliphatic carbocycles. The standard InChI is InChI=1S/C15H27N3O2S/c1-15(2,12-18-5-7-20-8-6-18)11-17(3)10-13-9-16-14(19-4)21-13/h9H,5-8,10-12H2,1-4H3. The molecule has 1 aliphatic heterocycles. The fraction of sp³-hybridized carbons (Fsp3) is 0.800. The summed E-state index contributed by atoms with van der Waals surface area (Å²) in [4.78, 5) is 10.3. The zero-order chi connectivity index (χ0) is 15.3. The van der Waals surface area contributed by atoms with E-state index < -0.39 is 0 Å². The summed E-state index contributed by atoms with van der Waals surface area (Å²) in [5, 5.41) is 0.742. The molecule has 6 heteroatoms. The van der Waals surface area contributed by atoms with Gasteiger partial charge in [0.15, 0.2) is 0 Å². The van der Waals surface area contributed by atoms with E-state index in [1.165, 1.54) is 4.88 Å². The predicted octanol–water partition coefficient (Wildman–Crippen LogP) is 1.94. The van der Waals surface area contributed by atoms with Gasteiger partial charge in [0, 0.05) is 43.8 Å². The molecule has 2 rings (SSSR count). The molecule has 120 valence electrons. The molecule has 1 fully saturated rings. The van der Waals surface area contributed by atoms with Gasteiger partial charge in [0.25, 0.3) is 5.19 Å². The Morgan fingerprint density at radius 3 is 2.76 bits per heavy atom. The third kappa shape index (κ3) is 5.54. The first-order chi connectivity index (χ1) is 9.98. The van der Waals surface area contributed by atoms with Crippen LogP contribution in [0.5, 0.6) is 5.19 Å². The monoisotopic (exact) mass is 313 g/mol. The number of nitrogens with zero attached hydrogens (tertiary/aromatic N) is 3. The highest BCUT2D eigenvalue weighted by atomic mass is 32.1. The molecule has 0 saturated carbocycles. The molecule has 0 unspecified atom stereocenters. The van der Waals surface area contributed by atoms with Crippen LogP contribution in [-0.2, 0) is 11.3 Å². The lowest BCUT2D eigenvalue weighted by Gasteiger charge is -2.37. The van der Waals surface area contributed by atoms with Crippen molar-refractivity contribution in [2.75, 3.05) is 53.6 Å². The fourth-order valence-electron chi connectivity index (χ4n) is 2.92. The van der Waals surface area contributed by atoms with Crippen LogP contribution in [0.4, 0.5) is 0 Å². The van der Waals surface area contributed by atoms with Gasteiger partial charge < -0.3 is 14.4 Å². The zero-order valence-corrected chi connectivity index (χ0v) is 14.4. The van der Waals surface area contributed by atoms with Crippen LogP contribution in [0.1, 0.15) is 18.7 Å². The lowest BCUT2D eigenvalue weighted by Crippen LogP contribution is -2.45. The molecule has 0 bridgehead atoms. The van der Waals surface area contributed by atoms with Crippen molar-refractivity contribution in [1.82, 2.24) is 14.8 Å². The Bertz CT molecular complexity index is 430. The second kappa shape index (κ2) is 7.54. The number of aromatic nitrogens is 1. The van der Waals surface area contributed by atoms with Gasteiger partial charge in [-0.25, -0.2) is 4.98 Å². The van der Waals surface area contributed by atoms with Gasteiger partial charge in [-0.1, -0.05) is 25.2 Å². The van der Waals surface area contributed by atoms with Crippen LogP contribution >= 0.6 is 11.3 Å². The van der Waals surface area contributed by atoms with Crippen molar-refractivity contribution < 1.29 is 9.47 Å². The lowest BCUT2D eigenvalue weighted by atomic mass is 9.92. The number of ether oxygens (including phenoxy) is 2. The minimum absolute atomic E-state index is 0.265. The molecule has 0 radical (unpaired) electrons. The number of methoxy groups -OCH3 is 1.